The first-order valence-corrected chi connectivity index (χ1v) is 8.63. The second-order valence-corrected chi connectivity index (χ2v) is 5.97. The maximum absolute atomic E-state index is 13.6. The van der Waals surface area contributed by atoms with Gasteiger partial charge in [0.15, 0.2) is 11.6 Å². The van der Waals surface area contributed by atoms with Gasteiger partial charge in [-0.15, -0.1) is 0 Å². The highest BCUT2D eigenvalue weighted by atomic mass is 19.1. The van der Waals surface area contributed by atoms with Crippen LogP contribution in [-0.2, 0) is 6.42 Å². The molecule has 0 spiro atoms. The molecular weight excluding hydrogens is 343 g/mol. The van der Waals surface area contributed by atoms with E-state index in [1.807, 2.05) is 48.5 Å². The van der Waals surface area contributed by atoms with E-state index >= 15 is 0 Å². The van der Waals surface area contributed by atoms with Crippen molar-refractivity contribution in [2.75, 3.05) is 6.61 Å². The van der Waals surface area contributed by atoms with E-state index < -0.39 is 0 Å². The molecule has 0 saturated heterocycles. The summed E-state index contributed by atoms with van der Waals surface area (Å²) in [6, 6.07) is 21.6. The molecule has 0 fully saturated rings. The standard InChI is InChI=1S/C22H17FN2O2/c23-19-6-2-4-8-21(19)27-17-11-9-16(10-12-17)13-14-26-22-18-5-1-3-7-20(18)24-15-25-22/h1-12,15H,13-14H2. The highest BCUT2D eigenvalue weighted by molar-refractivity contribution is 5.82. The summed E-state index contributed by atoms with van der Waals surface area (Å²) in [5.74, 6) is 1.00. The molecule has 4 nitrogen and oxygen atoms in total. The van der Waals surface area contributed by atoms with Crippen LogP contribution >= 0.6 is 0 Å². The van der Waals surface area contributed by atoms with Crippen LogP contribution in [0, 0.1) is 5.82 Å². The van der Waals surface area contributed by atoms with E-state index in [4.69, 9.17) is 9.47 Å². The Balaban J connectivity index is 1.37. The lowest BCUT2D eigenvalue weighted by atomic mass is 10.1. The van der Waals surface area contributed by atoms with Crippen LogP contribution in [0.15, 0.2) is 79.1 Å². The molecule has 0 atom stereocenters. The predicted molar refractivity (Wildman–Crippen MR) is 102 cm³/mol. The minimum absolute atomic E-state index is 0.212. The molecule has 0 aliphatic carbocycles. The fraction of sp³-hybridized carbons (Fsp3) is 0.0909. The van der Waals surface area contributed by atoms with Gasteiger partial charge in [-0.25, -0.2) is 14.4 Å². The second-order valence-electron chi connectivity index (χ2n) is 5.97. The molecular formula is C22H17FN2O2. The average Bonchev–Trinajstić information content (AvgIpc) is 2.71. The normalized spacial score (nSPS) is 10.7. The Bertz CT molecular complexity index is 1050. The third kappa shape index (κ3) is 4.03. The highest BCUT2D eigenvalue weighted by Crippen LogP contribution is 2.24. The Morgan fingerprint density at radius 3 is 2.44 bits per heavy atom. The molecule has 0 aliphatic heterocycles. The molecule has 3 aromatic carbocycles. The van der Waals surface area contributed by atoms with Gasteiger partial charge in [-0.3, -0.25) is 0 Å². The number of rotatable bonds is 6. The van der Waals surface area contributed by atoms with E-state index in [1.165, 1.54) is 12.4 Å². The van der Waals surface area contributed by atoms with Gasteiger partial charge in [-0.05, 0) is 42.0 Å². The lowest BCUT2D eigenvalue weighted by molar-refractivity contribution is 0.313. The average molecular weight is 360 g/mol. The van der Waals surface area contributed by atoms with Gasteiger partial charge < -0.3 is 9.47 Å². The molecule has 5 heteroatoms. The number of nitrogens with zero attached hydrogens (tertiary/aromatic N) is 2. The van der Waals surface area contributed by atoms with Gasteiger partial charge in [0.2, 0.25) is 5.88 Å². The van der Waals surface area contributed by atoms with Crippen molar-refractivity contribution >= 4 is 10.9 Å². The minimum atomic E-state index is -0.382. The van der Waals surface area contributed by atoms with E-state index in [2.05, 4.69) is 9.97 Å². The molecule has 0 bridgehead atoms. The number of para-hydroxylation sites is 2. The van der Waals surface area contributed by atoms with Gasteiger partial charge in [0.25, 0.3) is 0 Å². The van der Waals surface area contributed by atoms with Gasteiger partial charge >= 0.3 is 0 Å². The highest BCUT2D eigenvalue weighted by Gasteiger charge is 2.05. The quantitative estimate of drug-likeness (QED) is 0.475. The summed E-state index contributed by atoms with van der Waals surface area (Å²) in [7, 11) is 0. The Kier molecular flexibility index (Phi) is 4.92. The predicted octanol–water partition coefficient (Wildman–Crippen LogP) is 5.18. The first kappa shape index (κ1) is 17.0. The van der Waals surface area contributed by atoms with Crippen molar-refractivity contribution in [1.82, 2.24) is 9.97 Å². The van der Waals surface area contributed by atoms with E-state index in [-0.39, 0.29) is 11.6 Å². The van der Waals surface area contributed by atoms with Crippen LogP contribution < -0.4 is 9.47 Å². The molecule has 1 heterocycles. The summed E-state index contributed by atoms with van der Waals surface area (Å²) in [6.07, 6.45) is 2.23. The third-order valence-corrected chi connectivity index (χ3v) is 4.12. The molecule has 0 radical (unpaired) electrons. The van der Waals surface area contributed by atoms with Gasteiger partial charge in [0.05, 0.1) is 17.5 Å². The summed E-state index contributed by atoms with van der Waals surface area (Å²) < 4.78 is 25.0. The number of halogens is 1. The van der Waals surface area contributed by atoms with Crippen molar-refractivity contribution < 1.29 is 13.9 Å². The zero-order chi connectivity index (χ0) is 18.5. The Morgan fingerprint density at radius 2 is 1.59 bits per heavy atom. The lowest BCUT2D eigenvalue weighted by Crippen LogP contribution is -2.03. The second kappa shape index (κ2) is 7.83. The van der Waals surface area contributed by atoms with Crippen LogP contribution in [0.25, 0.3) is 10.9 Å². The number of ether oxygens (including phenoxy) is 2. The first-order chi connectivity index (χ1) is 13.3. The molecule has 134 valence electrons. The van der Waals surface area contributed by atoms with Crippen molar-refractivity contribution in [2.24, 2.45) is 0 Å². The van der Waals surface area contributed by atoms with Crippen LogP contribution in [0.4, 0.5) is 4.39 Å². The molecule has 27 heavy (non-hydrogen) atoms. The van der Waals surface area contributed by atoms with Gasteiger partial charge in [-0.1, -0.05) is 36.4 Å². The van der Waals surface area contributed by atoms with Crippen molar-refractivity contribution in [3.8, 4) is 17.4 Å². The summed E-state index contributed by atoms with van der Waals surface area (Å²) in [6.45, 7) is 0.495. The monoisotopic (exact) mass is 360 g/mol. The van der Waals surface area contributed by atoms with Crippen LogP contribution in [0.1, 0.15) is 5.56 Å². The van der Waals surface area contributed by atoms with Crippen molar-refractivity contribution in [3.63, 3.8) is 0 Å². The number of aromatic nitrogens is 2. The maximum atomic E-state index is 13.6. The number of fused-ring (bicyclic) bond motifs is 1. The number of hydrogen-bond acceptors (Lipinski definition) is 4. The minimum Gasteiger partial charge on any atom is -0.477 e. The topological polar surface area (TPSA) is 44.2 Å². The SMILES string of the molecule is Fc1ccccc1Oc1ccc(CCOc2ncnc3ccccc23)cc1. The first-order valence-electron chi connectivity index (χ1n) is 8.63. The third-order valence-electron chi connectivity index (χ3n) is 4.12. The smallest absolute Gasteiger partial charge is 0.224 e. The fourth-order valence-electron chi connectivity index (χ4n) is 2.74. The Labute approximate surface area is 156 Å². The zero-order valence-corrected chi connectivity index (χ0v) is 14.5. The van der Waals surface area contributed by atoms with Crippen LogP contribution in [0.2, 0.25) is 0 Å². The maximum Gasteiger partial charge on any atom is 0.224 e. The largest absolute Gasteiger partial charge is 0.477 e. The van der Waals surface area contributed by atoms with Crippen molar-refractivity contribution in [2.45, 2.75) is 6.42 Å². The number of hydrogen-bond donors (Lipinski definition) is 0. The summed E-state index contributed by atoms with van der Waals surface area (Å²) in [5, 5.41) is 0.897. The Hall–Kier alpha value is -3.47. The molecule has 0 N–H and O–H groups in total. The summed E-state index contributed by atoms with van der Waals surface area (Å²) in [5.41, 5.74) is 1.95. The molecule has 0 aliphatic rings. The van der Waals surface area contributed by atoms with E-state index in [9.17, 15) is 4.39 Å². The summed E-state index contributed by atoms with van der Waals surface area (Å²) >= 11 is 0. The van der Waals surface area contributed by atoms with E-state index in [0.717, 1.165) is 22.9 Å². The molecule has 0 unspecified atom stereocenters. The molecule has 4 aromatic rings. The van der Waals surface area contributed by atoms with Crippen LogP contribution in [0.5, 0.6) is 17.4 Å². The molecule has 0 saturated carbocycles. The van der Waals surface area contributed by atoms with Gasteiger partial charge in [0.1, 0.15) is 12.1 Å². The molecule has 4 rings (SSSR count). The van der Waals surface area contributed by atoms with E-state index in [0.29, 0.717) is 18.2 Å². The number of benzene rings is 3. The van der Waals surface area contributed by atoms with E-state index in [1.54, 1.807) is 18.2 Å². The van der Waals surface area contributed by atoms with Crippen LogP contribution in [-0.4, -0.2) is 16.6 Å². The molecule has 0 amide bonds. The van der Waals surface area contributed by atoms with Crippen LogP contribution in [0.3, 0.4) is 0 Å². The molecule has 1 aromatic heterocycles. The van der Waals surface area contributed by atoms with Gasteiger partial charge in [-0.2, -0.15) is 0 Å². The lowest BCUT2D eigenvalue weighted by Gasteiger charge is -2.09. The van der Waals surface area contributed by atoms with Crippen molar-refractivity contribution in [3.05, 3.63) is 90.5 Å². The Morgan fingerprint density at radius 1 is 0.815 bits per heavy atom. The van der Waals surface area contributed by atoms with Gasteiger partial charge in [0, 0.05) is 6.42 Å². The fourth-order valence-corrected chi connectivity index (χ4v) is 2.74. The zero-order valence-electron chi connectivity index (χ0n) is 14.5. The summed E-state index contributed by atoms with van der Waals surface area (Å²) in [4.78, 5) is 8.45. The van der Waals surface area contributed by atoms with Crippen molar-refractivity contribution in [1.29, 1.82) is 0 Å².